The lowest BCUT2D eigenvalue weighted by Gasteiger charge is -2.33. The summed E-state index contributed by atoms with van der Waals surface area (Å²) in [5.41, 5.74) is 2.67. The molecule has 1 aliphatic rings. The van der Waals surface area contributed by atoms with Crippen molar-refractivity contribution in [2.45, 2.75) is 13.0 Å². The summed E-state index contributed by atoms with van der Waals surface area (Å²) in [4.78, 5) is 24.5. The molecule has 0 saturated carbocycles. The smallest absolute Gasteiger partial charge is 0.293 e. The van der Waals surface area contributed by atoms with E-state index in [4.69, 9.17) is 5.84 Å². The molecule has 0 radical (unpaired) electrons. The van der Waals surface area contributed by atoms with Crippen molar-refractivity contribution in [2.75, 3.05) is 23.5 Å². The maximum absolute atomic E-state index is 12.4. The molecule has 3 N–H and O–H groups in total. The Hall–Kier alpha value is -1.80. The zero-order valence-corrected chi connectivity index (χ0v) is 11.9. The maximum atomic E-state index is 12.4. The molecule has 7 nitrogen and oxygen atoms in total. The number of carbonyl (C=O) groups excluding carboxylic acids is 1. The average Bonchev–Trinajstić information content (AvgIpc) is 2.46. The molecule has 1 heterocycles. The molecule has 8 heteroatoms. The number of nitrogens with two attached hydrogens (primary N) is 1. The monoisotopic (exact) mass is 296 g/mol. The first-order valence-electron chi connectivity index (χ1n) is 6.18. The number of amides is 1. The number of nitrogens with one attached hydrogen (secondary N) is 1. The molecule has 2 rings (SSSR count). The summed E-state index contributed by atoms with van der Waals surface area (Å²) in [6.07, 6.45) is 0. The number of anilines is 1. The number of nitrogen functional groups attached to an aromatic ring is 1. The van der Waals surface area contributed by atoms with Crippen LogP contribution in [0.15, 0.2) is 18.2 Å². The minimum absolute atomic E-state index is 0.121. The van der Waals surface area contributed by atoms with Crippen LogP contribution in [0.1, 0.15) is 17.3 Å². The molecule has 1 aromatic carbocycles. The van der Waals surface area contributed by atoms with Gasteiger partial charge in [0, 0.05) is 35.7 Å². The SMILES string of the molecule is CC1CSCCN1C(=O)c1ccc([N+](=O)[O-])c(NN)c1. The fourth-order valence-electron chi connectivity index (χ4n) is 2.14. The molecular weight excluding hydrogens is 280 g/mol. The van der Waals surface area contributed by atoms with Crippen LogP contribution in [0, 0.1) is 10.1 Å². The highest BCUT2D eigenvalue weighted by Gasteiger charge is 2.26. The van der Waals surface area contributed by atoms with E-state index in [2.05, 4.69) is 5.43 Å². The van der Waals surface area contributed by atoms with Crippen LogP contribution in [0.2, 0.25) is 0 Å². The largest absolute Gasteiger partial charge is 0.334 e. The average molecular weight is 296 g/mol. The maximum Gasteiger partial charge on any atom is 0.293 e. The number of hydrogen-bond acceptors (Lipinski definition) is 6. The van der Waals surface area contributed by atoms with E-state index < -0.39 is 4.92 Å². The predicted molar refractivity (Wildman–Crippen MR) is 78.7 cm³/mol. The van der Waals surface area contributed by atoms with Gasteiger partial charge in [-0.05, 0) is 19.1 Å². The molecule has 0 bridgehead atoms. The topological polar surface area (TPSA) is 102 Å². The van der Waals surface area contributed by atoms with Crippen LogP contribution in [0.4, 0.5) is 11.4 Å². The molecule has 0 aromatic heterocycles. The van der Waals surface area contributed by atoms with E-state index in [-0.39, 0.29) is 23.3 Å². The highest BCUT2D eigenvalue weighted by Crippen LogP contribution is 2.26. The summed E-state index contributed by atoms with van der Waals surface area (Å²) in [5, 5.41) is 10.8. The summed E-state index contributed by atoms with van der Waals surface area (Å²) in [6.45, 7) is 2.69. The number of rotatable bonds is 3. The molecule has 1 atom stereocenters. The molecule has 1 amide bonds. The number of nitro benzene ring substituents is 1. The number of hydrogen-bond donors (Lipinski definition) is 2. The number of hydrazine groups is 1. The summed E-state index contributed by atoms with van der Waals surface area (Å²) in [7, 11) is 0. The number of nitrogens with zero attached hydrogens (tertiary/aromatic N) is 2. The number of nitro groups is 1. The van der Waals surface area contributed by atoms with Crippen molar-refractivity contribution in [3.05, 3.63) is 33.9 Å². The van der Waals surface area contributed by atoms with Crippen molar-refractivity contribution in [1.82, 2.24) is 4.90 Å². The Labute approximate surface area is 120 Å². The zero-order chi connectivity index (χ0) is 14.7. The van der Waals surface area contributed by atoms with E-state index in [0.29, 0.717) is 12.1 Å². The van der Waals surface area contributed by atoms with Crippen LogP contribution in [0.5, 0.6) is 0 Å². The summed E-state index contributed by atoms with van der Waals surface area (Å²) in [5.74, 6) is 6.97. The molecular formula is C12H16N4O3S. The van der Waals surface area contributed by atoms with Gasteiger partial charge in [0.25, 0.3) is 11.6 Å². The van der Waals surface area contributed by atoms with E-state index in [0.717, 1.165) is 11.5 Å². The quantitative estimate of drug-likeness (QED) is 0.497. The van der Waals surface area contributed by atoms with Crippen molar-refractivity contribution in [3.8, 4) is 0 Å². The fourth-order valence-corrected chi connectivity index (χ4v) is 3.15. The first kappa shape index (κ1) is 14.6. The molecule has 1 aliphatic heterocycles. The van der Waals surface area contributed by atoms with Gasteiger partial charge in [-0.1, -0.05) is 0 Å². The van der Waals surface area contributed by atoms with Crippen molar-refractivity contribution >= 4 is 29.0 Å². The van der Waals surface area contributed by atoms with E-state index >= 15 is 0 Å². The normalized spacial score (nSPS) is 18.7. The van der Waals surface area contributed by atoms with Gasteiger partial charge in [-0.3, -0.25) is 20.8 Å². The van der Waals surface area contributed by atoms with Gasteiger partial charge in [-0.15, -0.1) is 0 Å². The number of thioether (sulfide) groups is 1. The Balaban J connectivity index is 2.28. The third-order valence-electron chi connectivity index (χ3n) is 3.22. The lowest BCUT2D eigenvalue weighted by atomic mass is 10.1. The van der Waals surface area contributed by atoms with Gasteiger partial charge >= 0.3 is 0 Å². The van der Waals surface area contributed by atoms with Crippen molar-refractivity contribution in [3.63, 3.8) is 0 Å². The highest BCUT2D eigenvalue weighted by molar-refractivity contribution is 7.99. The standard InChI is InChI=1S/C12H16N4O3S/c1-8-7-20-5-4-15(8)12(17)9-2-3-11(16(18)19)10(6-9)14-13/h2-3,6,8,14H,4-5,7,13H2,1H3. The van der Waals surface area contributed by atoms with Gasteiger partial charge in [-0.2, -0.15) is 11.8 Å². The van der Waals surface area contributed by atoms with Gasteiger partial charge in [0.05, 0.1) is 4.92 Å². The lowest BCUT2D eigenvalue weighted by molar-refractivity contribution is -0.384. The highest BCUT2D eigenvalue weighted by atomic mass is 32.2. The van der Waals surface area contributed by atoms with Crippen LogP contribution >= 0.6 is 11.8 Å². The Morgan fingerprint density at radius 2 is 2.35 bits per heavy atom. The Kier molecular flexibility index (Phi) is 4.46. The number of benzene rings is 1. The van der Waals surface area contributed by atoms with Crippen LogP contribution in [0.3, 0.4) is 0 Å². The Bertz CT molecular complexity index is 537. The summed E-state index contributed by atoms with van der Waals surface area (Å²) < 4.78 is 0. The molecule has 0 spiro atoms. The fraction of sp³-hybridized carbons (Fsp3) is 0.417. The van der Waals surface area contributed by atoms with Gasteiger partial charge in [0.15, 0.2) is 0 Å². The second-order valence-electron chi connectivity index (χ2n) is 4.56. The van der Waals surface area contributed by atoms with Crippen molar-refractivity contribution in [1.29, 1.82) is 0 Å². The molecule has 20 heavy (non-hydrogen) atoms. The van der Waals surface area contributed by atoms with E-state index in [1.54, 1.807) is 4.90 Å². The van der Waals surface area contributed by atoms with E-state index in [9.17, 15) is 14.9 Å². The molecule has 1 fully saturated rings. The second kappa shape index (κ2) is 6.10. The van der Waals surface area contributed by atoms with Crippen molar-refractivity contribution in [2.24, 2.45) is 5.84 Å². The minimum atomic E-state index is -0.538. The third-order valence-corrected chi connectivity index (χ3v) is 4.41. The van der Waals surface area contributed by atoms with E-state index in [1.165, 1.54) is 18.2 Å². The van der Waals surface area contributed by atoms with Crippen molar-refractivity contribution < 1.29 is 9.72 Å². The molecule has 108 valence electrons. The Morgan fingerprint density at radius 3 is 2.95 bits per heavy atom. The lowest BCUT2D eigenvalue weighted by Crippen LogP contribution is -2.44. The minimum Gasteiger partial charge on any atom is -0.334 e. The molecule has 1 aromatic rings. The van der Waals surface area contributed by atoms with Crippen LogP contribution in [-0.2, 0) is 0 Å². The summed E-state index contributed by atoms with van der Waals surface area (Å²) in [6, 6.07) is 4.35. The molecule has 1 unspecified atom stereocenters. The van der Waals surface area contributed by atoms with Gasteiger partial charge in [0.2, 0.25) is 0 Å². The Morgan fingerprint density at radius 1 is 1.60 bits per heavy atom. The van der Waals surface area contributed by atoms with Crippen LogP contribution in [0.25, 0.3) is 0 Å². The zero-order valence-electron chi connectivity index (χ0n) is 11.0. The van der Waals surface area contributed by atoms with Gasteiger partial charge in [0.1, 0.15) is 5.69 Å². The van der Waals surface area contributed by atoms with E-state index in [1.807, 2.05) is 18.7 Å². The van der Waals surface area contributed by atoms with Crippen LogP contribution < -0.4 is 11.3 Å². The summed E-state index contributed by atoms with van der Waals surface area (Å²) >= 11 is 1.82. The third kappa shape index (κ3) is 2.86. The predicted octanol–water partition coefficient (Wildman–Crippen LogP) is 1.46. The van der Waals surface area contributed by atoms with Crippen LogP contribution in [-0.4, -0.2) is 39.8 Å². The first-order valence-corrected chi connectivity index (χ1v) is 7.34. The first-order chi connectivity index (χ1) is 9.54. The second-order valence-corrected chi connectivity index (χ2v) is 5.71. The molecule has 0 aliphatic carbocycles. The van der Waals surface area contributed by atoms with Gasteiger partial charge < -0.3 is 10.3 Å². The van der Waals surface area contributed by atoms with Gasteiger partial charge in [-0.25, -0.2) is 0 Å². The number of carbonyl (C=O) groups is 1. The molecule has 1 saturated heterocycles.